The summed E-state index contributed by atoms with van der Waals surface area (Å²) < 4.78 is 0. The lowest BCUT2D eigenvalue weighted by Gasteiger charge is -2.18. The highest BCUT2D eigenvalue weighted by molar-refractivity contribution is 5.82. The van der Waals surface area contributed by atoms with Gasteiger partial charge in [-0.25, -0.2) is 9.59 Å². The maximum atomic E-state index is 11.6. The lowest BCUT2D eigenvalue weighted by atomic mass is 10.0. The van der Waals surface area contributed by atoms with E-state index in [2.05, 4.69) is 24.5 Å². The summed E-state index contributed by atoms with van der Waals surface area (Å²) in [7, 11) is 0. The van der Waals surface area contributed by atoms with E-state index in [0.29, 0.717) is 6.54 Å². The van der Waals surface area contributed by atoms with Crippen LogP contribution in [0.2, 0.25) is 0 Å². The predicted molar refractivity (Wildman–Crippen MR) is 80.7 cm³/mol. The standard InChI is InChI=1S/C15H30N2O3/c1-11(2)9-7-5-6-8-10-16-15(20)17-13(12(3)4)14(18)19/h11-13H,5-10H2,1-4H3,(H,18,19)(H2,16,17,20)/t13-/m1/s1. The molecule has 0 unspecified atom stereocenters. The molecule has 3 N–H and O–H groups in total. The molecule has 5 heteroatoms. The number of aliphatic carboxylic acids is 1. The van der Waals surface area contributed by atoms with Gasteiger partial charge in [0.25, 0.3) is 0 Å². The van der Waals surface area contributed by atoms with Crippen molar-refractivity contribution in [3.63, 3.8) is 0 Å². The summed E-state index contributed by atoms with van der Waals surface area (Å²) in [5.74, 6) is -0.374. The Kier molecular flexibility index (Phi) is 9.86. The van der Waals surface area contributed by atoms with E-state index >= 15 is 0 Å². The summed E-state index contributed by atoms with van der Waals surface area (Å²) in [6.07, 6.45) is 5.70. The number of carbonyl (C=O) groups excluding carboxylic acids is 1. The van der Waals surface area contributed by atoms with Gasteiger partial charge in [0.15, 0.2) is 0 Å². The minimum atomic E-state index is -0.996. The normalized spacial score (nSPS) is 12.5. The predicted octanol–water partition coefficient (Wildman–Crippen LogP) is 3.00. The van der Waals surface area contributed by atoms with Gasteiger partial charge in [0.1, 0.15) is 6.04 Å². The molecule has 0 spiro atoms. The van der Waals surface area contributed by atoms with Gasteiger partial charge in [-0.05, 0) is 18.3 Å². The van der Waals surface area contributed by atoms with Crippen molar-refractivity contribution in [2.75, 3.05) is 6.54 Å². The van der Waals surface area contributed by atoms with Crippen molar-refractivity contribution in [1.29, 1.82) is 0 Å². The number of nitrogens with one attached hydrogen (secondary N) is 2. The summed E-state index contributed by atoms with van der Waals surface area (Å²) >= 11 is 0. The molecule has 0 heterocycles. The Morgan fingerprint density at radius 2 is 1.60 bits per heavy atom. The maximum Gasteiger partial charge on any atom is 0.326 e. The molecule has 0 radical (unpaired) electrons. The van der Waals surface area contributed by atoms with E-state index in [1.807, 2.05) is 0 Å². The fourth-order valence-corrected chi connectivity index (χ4v) is 1.94. The first-order valence-corrected chi connectivity index (χ1v) is 7.61. The zero-order valence-electron chi connectivity index (χ0n) is 13.2. The van der Waals surface area contributed by atoms with Crippen molar-refractivity contribution < 1.29 is 14.7 Å². The lowest BCUT2D eigenvalue weighted by Crippen LogP contribution is -2.48. The molecule has 0 aliphatic heterocycles. The molecule has 0 aliphatic rings. The SMILES string of the molecule is CC(C)CCCCCCNC(=O)N[C@@H](C(=O)O)C(C)C. The molecule has 0 aromatic rings. The molecule has 0 aliphatic carbocycles. The van der Waals surface area contributed by atoms with E-state index in [0.717, 1.165) is 18.8 Å². The molecular weight excluding hydrogens is 256 g/mol. The Bertz CT molecular complexity index is 291. The van der Waals surface area contributed by atoms with Crippen molar-refractivity contribution >= 4 is 12.0 Å². The van der Waals surface area contributed by atoms with Crippen LogP contribution in [0.15, 0.2) is 0 Å². The zero-order chi connectivity index (χ0) is 15.5. The van der Waals surface area contributed by atoms with E-state index in [1.165, 1.54) is 19.3 Å². The largest absolute Gasteiger partial charge is 0.480 e. The Morgan fingerprint density at radius 3 is 2.10 bits per heavy atom. The van der Waals surface area contributed by atoms with Crippen LogP contribution in [-0.2, 0) is 4.79 Å². The molecule has 5 nitrogen and oxygen atoms in total. The fraction of sp³-hybridized carbons (Fsp3) is 0.867. The second-order valence-corrected chi connectivity index (χ2v) is 6.06. The molecular formula is C15H30N2O3. The Hall–Kier alpha value is -1.26. The van der Waals surface area contributed by atoms with Gasteiger partial charge in [-0.3, -0.25) is 0 Å². The minimum Gasteiger partial charge on any atom is -0.480 e. The van der Waals surface area contributed by atoms with Gasteiger partial charge >= 0.3 is 12.0 Å². The fourth-order valence-electron chi connectivity index (χ4n) is 1.94. The van der Waals surface area contributed by atoms with E-state index in [4.69, 9.17) is 5.11 Å². The van der Waals surface area contributed by atoms with Crippen LogP contribution < -0.4 is 10.6 Å². The molecule has 0 aromatic heterocycles. The number of amides is 2. The third-order valence-corrected chi connectivity index (χ3v) is 3.21. The monoisotopic (exact) mass is 286 g/mol. The van der Waals surface area contributed by atoms with Gasteiger partial charge in [-0.15, -0.1) is 0 Å². The summed E-state index contributed by atoms with van der Waals surface area (Å²) in [5.41, 5.74) is 0. The van der Waals surface area contributed by atoms with Gasteiger partial charge in [0.2, 0.25) is 0 Å². The van der Waals surface area contributed by atoms with Crippen molar-refractivity contribution in [3.8, 4) is 0 Å². The number of unbranched alkanes of at least 4 members (excludes halogenated alkanes) is 3. The van der Waals surface area contributed by atoms with Crippen LogP contribution in [0.25, 0.3) is 0 Å². The van der Waals surface area contributed by atoms with Crippen LogP contribution in [0.5, 0.6) is 0 Å². The number of carboxylic acid groups (broad SMARTS) is 1. The van der Waals surface area contributed by atoms with Gasteiger partial charge in [-0.1, -0.05) is 53.4 Å². The summed E-state index contributed by atoms with van der Waals surface area (Å²) in [4.78, 5) is 22.5. The summed E-state index contributed by atoms with van der Waals surface area (Å²) in [6.45, 7) is 8.58. The molecule has 1 atom stereocenters. The molecule has 0 saturated heterocycles. The van der Waals surface area contributed by atoms with Crippen molar-refractivity contribution in [1.82, 2.24) is 10.6 Å². The topological polar surface area (TPSA) is 78.4 Å². The Labute approximate surface area is 122 Å². The molecule has 0 rings (SSSR count). The van der Waals surface area contributed by atoms with Crippen LogP contribution >= 0.6 is 0 Å². The first-order chi connectivity index (χ1) is 9.34. The summed E-state index contributed by atoms with van der Waals surface area (Å²) in [6, 6.07) is -1.23. The molecule has 0 saturated carbocycles. The third kappa shape index (κ3) is 9.64. The van der Waals surface area contributed by atoms with E-state index in [-0.39, 0.29) is 5.92 Å². The molecule has 118 valence electrons. The van der Waals surface area contributed by atoms with Gasteiger partial charge in [0, 0.05) is 6.54 Å². The second-order valence-electron chi connectivity index (χ2n) is 6.06. The number of carboxylic acids is 1. The van der Waals surface area contributed by atoms with Crippen LogP contribution in [0.3, 0.4) is 0 Å². The van der Waals surface area contributed by atoms with Crippen molar-refractivity contribution in [2.45, 2.75) is 65.8 Å². The molecule has 20 heavy (non-hydrogen) atoms. The summed E-state index contributed by atoms with van der Waals surface area (Å²) in [5, 5.41) is 14.2. The van der Waals surface area contributed by atoms with Crippen LogP contribution in [0, 0.1) is 11.8 Å². The van der Waals surface area contributed by atoms with Crippen molar-refractivity contribution in [2.24, 2.45) is 11.8 Å². The van der Waals surface area contributed by atoms with E-state index in [9.17, 15) is 9.59 Å². The highest BCUT2D eigenvalue weighted by Gasteiger charge is 2.22. The molecule has 0 aromatic carbocycles. The number of hydrogen-bond acceptors (Lipinski definition) is 2. The number of hydrogen-bond donors (Lipinski definition) is 3. The second kappa shape index (κ2) is 10.5. The first kappa shape index (κ1) is 18.7. The van der Waals surface area contributed by atoms with Crippen molar-refractivity contribution in [3.05, 3.63) is 0 Å². The molecule has 0 bridgehead atoms. The van der Waals surface area contributed by atoms with Gasteiger partial charge < -0.3 is 15.7 Å². The maximum absolute atomic E-state index is 11.6. The number of rotatable bonds is 10. The van der Waals surface area contributed by atoms with Crippen LogP contribution in [0.4, 0.5) is 4.79 Å². The third-order valence-electron chi connectivity index (χ3n) is 3.21. The molecule has 0 fully saturated rings. The quantitative estimate of drug-likeness (QED) is 0.540. The Balaban J connectivity index is 3.65. The zero-order valence-corrected chi connectivity index (χ0v) is 13.2. The number of carbonyl (C=O) groups is 2. The average molecular weight is 286 g/mol. The van der Waals surface area contributed by atoms with Gasteiger partial charge in [-0.2, -0.15) is 0 Å². The van der Waals surface area contributed by atoms with E-state index < -0.39 is 18.0 Å². The first-order valence-electron chi connectivity index (χ1n) is 7.61. The van der Waals surface area contributed by atoms with Gasteiger partial charge in [0.05, 0.1) is 0 Å². The minimum absolute atomic E-state index is 0.130. The molecule has 2 amide bonds. The van der Waals surface area contributed by atoms with Crippen LogP contribution in [-0.4, -0.2) is 29.7 Å². The average Bonchev–Trinajstić information content (AvgIpc) is 2.33. The smallest absolute Gasteiger partial charge is 0.326 e. The lowest BCUT2D eigenvalue weighted by molar-refractivity contribution is -0.140. The van der Waals surface area contributed by atoms with E-state index in [1.54, 1.807) is 13.8 Å². The Morgan fingerprint density at radius 1 is 1.00 bits per heavy atom. The number of urea groups is 1. The highest BCUT2D eigenvalue weighted by atomic mass is 16.4. The highest BCUT2D eigenvalue weighted by Crippen LogP contribution is 2.09. The van der Waals surface area contributed by atoms with Crippen LogP contribution in [0.1, 0.15) is 59.8 Å².